The summed E-state index contributed by atoms with van der Waals surface area (Å²) >= 11 is 1.51. The Hall–Kier alpha value is -0.0326. The second-order valence-electron chi connectivity index (χ2n) is 2.61. The fraction of sp³-hybridized carbons (Fsp3) is 0.333. The SMILES string of the molecule is CSc1cc(C)cc(C)c1[O-].[Li+]. The largest absolute Gasteiger partial charge is 1.00 e. The summed E-state index contributed by atoms with van der Waals surface area (Å²) in [6, 6.07) is 3.85. The molecule has 0 heterocycles. The Balaban J connectivity index is 0.00000121. The van der Waals surface area contributed by atoms with Crippen LogP contribution >= 0.6 is 11.8 Å². The first-order valence-electron chi connectivity index (χ1n) is 3.47. The van der Waals surface area contributed by atoms with E-state index in [9.17, 15) is 5.11 Å². The van der Waals surface area contributed by atoms with Gasteiger partial charge in [0.1, 0.15) is 0 Å². The number of thioether (sulfide) groups is 1. The van der Waals surface area contributed by atoms with E-state index in [2.05, 4.69) is 0 Å². The maximum Gasteiger partial charge on any atom is 1.00 e. The summed E-state index contributed by atoms with van der Waals surface area (Å²) in [5.41, 5.74) is 2.00. The molecule has 0 aliphatic rings. The second-order valence-corrected chi connectivity index (χ2v) is 3.46. The average Bonchev–Trinajstić information content (AvgIpc) is 1.96. The zero-order valence-corrected chi connectivity index (χ0v) is 8.79. The van der Waals surface area contributed by atoms with E-state index in [4.69, 9.17) is 0 Å². The summed E-state index contributed by atoms with van der Waals surface area (Å²) in [5.74, 6) is 0.170. The fourth-order valence-corrected chi connectivity index (χ4v) is 1.72. The third-order valence-electron chi connectivity index (χ3n) is 1.60. The zero-order chi connectivity index (χ0) is 8.43. The minimum absolute atomic E-state index is 0. The van der Waals surface area contributed by atoms with Crippen molar-refractivity contribution in [3.63, 3.8) is 0 Å². The van der Waals surface area contributed by atoms with Crippen molar-refractivity contribution in [2.75, 3.05) is 6.26 Å². The molecule has 12 heavy (non-hydrogen) atoms. The summed E-state index contributed by atoms with van der Waals surface area (Å²) in [5, 5.41) is 11.3. The van der Waals surface area contributed by atoms with Crippen molar-refractivity contribution in [2.24, 2.45) is 0 Å². The Bertz CT molecular complexity index is 273. The van der Waals surface area contributed by atoms with Crippen LogP contribution in [-0.2, 0) is 0 Å². The van der Waals surface area contributed by atoms with Crippen molar-refractivity contribution in [1.82, 2.24) is 0 Å². The molecular weight excluding hydrogens is 163 g/mol. The standard InChI is InChI=1S/C9H12OS.Li/c1-6-4-7(2)9(10)8(5-6)11-3;/h4-5,10H,1-3H3;/q;+1/p-1. The van der Waals surface area contributed by atoms with Gasteiger partial charge in [-0.05, 0) is 36.6 Å². The first-order chi connectivity index (χ1) is 5.15. The molecule has 0 unspecified atom stereocenters. The smallest absolute Gasteiger partial charge is 0.872 e. The summed E-state index contributed by atoms with van der Waals surface area (Å²) in [7, 11) is 0. The molecule has 0 N–H and O–H groups in total. The number of hydrogen-bond donors (Lipinski definition) is 0. The maximum atomic E-state index is 11.3. The van der Waals surface area contributed by atoms with Gasteiger partial charge in [0, 0.05) is 0 Å². The Labute approximate surface area is 89.7 Å². The molecule has 0 fully saturated rings. The molecule has 0 saturated carbocycles. The Kier molecular flexibility index (Phi) is 4.85. The molecule has 0 bridgehead atoms. The minimum atomic E-state index is 0. The van der Waals surface area contributed by atoms with Crippen LogP contribution in [0.4, 0.5) is 0 Å². The molecule has 0 aliphatic carbocycles. The van der Waals surface area contributed by atoms with Gasteiger partial charge >= 0.3 is 18.9 Å². The molecule has 60 valence electrons. The number of rotatable bonds is 1. The van der Waals surface area contributed by atoms with Crippen molar-refractivity contribution in [3.05, 3.63) is 23.3 Å². The van der Waals surface area contributed by atoms with Gasteiger partial charge in [0.05, 0.1) is 0 Å². The van der Waals surface area contributed by atoms with Crippen molar-refractivity contribution in [1.29, 1.82) is 0 Å². The van der Waals surface area contributed by atoms with E-state index in [-0.39, 0.29) is 24.6 Å². The molecule has 0 saturated heterocycles. The van der Waals surface area contributed by atoms with Gasteiger partial charge in [-0.15, -0.1) is 11.8 Å². The Morgan fingerprint density at radius 1 is 1.25 bits per heavy atom. The van der Waals surface area contributed by atoms with Crippen molar-refractivity contribution in [3.8, 4) is 5.75 Å². The van der Waals surface area contributed by atoms with Crippen molar-refractivity contribution in [2.45, 2.75) is 18.7 Å². The van der Waals surface area contributed by atoms with E-state index in [0.29, 0.717) is 0 Å². The molecule has 0 amide bonds. The van der Waals surface area contributed by atoms with E-state index in [1.807, 2.05) is 32.2 Å². The van der Waals surface area contributed by atoms with Crippen molar-refractivity contribution < 1.29 is 24.0 Å². The summed E-state index contributed by atoms with van der Waals surface area (Å²) < 4.78 is 0. The summed E-state index contributed by atoms with van der Waals surface area (Å²) in [6.07, 6.45) is 1.93. The minimum Gasteiger partial charge on any atom is -0.872 e. The van der Waals surface area contributed by atoms with E-state index >= 15 is 0 Å². The van der Waals surface area contributed by atoms with Crippen LogP contribution < -0.4 is 24.0 Å². The summed E-state index contributed by atoms with van der Waals surface area (Å²) in [4.78, 5) is 0.850. The molecule has 3 heteroatoms. The van der Waals surface area contributed by atoms with Gasteiger partial charge in [-0.1, -0.05) is 17.4 Å². The average molecular weight is 174 g/mol. The first kappa shape index (κ1) is 12.0. The van der Waals surface area contributed by atoms with Gasteiger partial charge in [0.25, 0.3) is 0 Å². The van der Waals surface area contributed by atoms with Crippen LogP contribution in [0.2, 0.25) is 0 Å². The number of hydrogen-bond acceptors (Lipinski definition) is 2. The molecule has 0 spiro atoms. The van der Waals surface area contributed by atoms with Crippen LogP contribution in [0, 0.1) is 13.8 Å². The molecule has 1 nitrogen and oxygen atoms in total. The zero-order valence-electron chi connectivity index (χ0n) is 7.97. The fourth-order valence-electron chi connectivity index (χ4n) is 1.07. The molecular formula is C9H11LiOS. The van der Waals surface area contributed by atoms with E-state index < -0.39 is 0 Å². The van der Waals surface area contributed by atoms with Gasteiger partial charge in [-0.2, -0.15) is 0 Å². The van der Waals surface area contributed by atoms with E-state index in [1.165, 1.54) is 11.8 Å². The third kappa shape index (κ3) is 2.48. The first-order valence-corrected chi connectivity index (χ1v) is 4.70. The maximum absolute atomic E-state index is 11.3. The summed E-state index contributed by atoms with van der Waals surface area (Å²) in [6.45, 7) is 3.86. The monoisotopic (exact) mass is 174 g/mol. The molecule has 0 radical (unpaired) electrons. The van der Waals surface area contributed by atoms with Gasteiger partial charge in [0.15, 0.2) is 0 Å². The number of aryl methyl sites for hydroxylation is 2. The van der Waals surface area contributed by atoms with Crippen LogP contribution in [0.15, 0.2) is 17.0 Å². The Morgan fingerprint density at radius 2 is 1.83 bits per heavy atom. The van der Waals surface area contributed by atoms with E-state index in [0.717, 1.165) is 16.0 Å². The van der Waals surface area contributed by atoms with Gasteiger partial charge < -0.3 is 5.11 Å². The molecule has 0 aromatic heterocycles. The topological polar surface area (TPSA) is 23.1 Å². The van der Waals surface area contributed by atoms with Gasteiger partial charge in [0.2, 0.25) is 0 Å². The predicted molar refractivity (Wildman–Crippen MR) is 47.1 cm³/mol. The van der Waals surface area contributed by atoms with Gasteiger partial charge in [-0.25, -0.2) is 0 Å². The molecule has 1 aromatic rings. The molecule has 1 aromatic carbocycles. The third-order valence-corrected chi connectivity index (χ3v) is 2.35. The van der Waals surface area contributed by atoms with Crippen LogP contribution in [0.1, 0.15) is 11.1 Å². The van der Waals surface area contributed by atoms with Crippen LogP contribution in [-0.4, -0.2) is 6.26 Å². The van der Waals surface area contributed by atoms with Crippen LogP contribution in [0.3, 0.4) is 0 Å². The van der Waals surface area contributed by atoms with Gasteiger partial charge in [-0.3, -0.25) is 0 Å². The molecule has 1 rings (SSSR count). The molecule has 0 atom stereocenters. The molecule has 0 aliphatic heterocycles. The predicted octanol–water partition coefficient (Wildman–Crippen LogP) is -0.897. The van der Waals surface area contributed by atoms with E-state index in [1.54, 1.807) is 0 Å². The Morgan fingerprint density at radius 3 is 2.33 bits per heavy atom. The van der Waals surface area contributed by atoms with Crippen LogP contribution in [0.5, 0.6) is 5.75 Å². The second kappa shape index (κ2) is 4.86. The van der Waals surface area contributed by atoms with Crippen LogP contribution in [0.25, 0.3) is 0 Å². The normalized spacial score (nSPS) is 9.25. The van der Waals surface area contributed by atoms with Crippen molar-refractivity contribution >= 4 is 11.8 Å². The number of benzene rings is 1. The quantitative estimate of drug-likeness (QED) is 0.407.